The van der Waals surface area contributed by atoms with Crippen LogP contribution >= 0.6 is 0 Å². The van der Waals surface area contributed by atoms with Gasteiger partial charge in [0.2, 0.25) is 0 Å². The standard InChI is InChI=1S/C17H15F2N3O3/c18-12-4-5-15(19)11(8-12)10-20-16(23)21-13-2-1-3-14(9-13)22-6-7-25-17(22)24/h1-5,8-9H,6-7,10H2,(H2,20,21,23). The first kappa shape index (κ1) is 16.7. The number of halogens is 2. The lowest BCUT2D eigenvalue weighted by Crippen LogP contribution is -2.29. The molecule has 2 N–H and O–H groups in total. The van der Waals surface area contributed by atoms with Gasteiger partial charge in [-0.05, 0) is 36.4 Å². The SMILES string of the molecule is O=C(NCc1cc(F)ccc1F)Nc1cccc(N2CCOC2=O)c1. The van der Waals surface area contributed by atoms with Crippen LogP contribution in [0.15, 0.2) is 42.5 Å². The highest BCUT2D eigenvalue weighted by molar-refractivity contribution is 5.93. The third-order valence-corrected chi connectivity index (χ3v) is 3.62. The van der Waals surface area contributed by atoms with E-state index >= 15 is 0 Å². The molecule has 6 nitrogen and oxygen atoms in total. The molecule has 130 valence electrons. The number of nitrogens with one attached hydrogen (secondary N) is 2. The van der Waals surface area contributed by atoms with Gasteiger partial charge >= 0.3 is 12.1 Å². The Labute approximate surface area is 142 Å². The zero-order valence-electron chi connectivity index (χ0n) is 13.1. The number of rotatable bonds is 4. The number of benzene rings is 2. The summed E-state index contributed by atoms with van der Waals surface area (Å²) < 4.78 is 31.5. The molecule has 25 heavy (non-hydrogen) atoms. The Hall–Kier alpha value is -3.16. The molecule has 3 rings (SSSR count). The van der Waals surface area contributed by atoms with Crippen molar-refractivity contribution in [2.45, 2.75) is 6.54 Å². The number of hydrogen-bond acceptors (Lipinski definition) is 3. The molecule has 2 aromatic rings. The van der Waals surface area contributed by atoms with Gasteiger partial charge in [0.05, 0.1) is 6.54 Å². The molecule has 0 spiro atoms. The van der Waals surface area contributed by atoms with Crippen molar-refractivity contribution in [1.82, 2.24) is 5.32 Å². The minimum Gasteiger partial charge on any atom is -0.447 e. The van der Waals surface area contributed by atoms with E-state index in [1.54, 1.807) is 24.3 Å². The molecule has 1 fully saturated rings. The first-order valence-corrected chi connectivity index (χ1v) is 7.56. The Balaban J connectivity index is 1.61. The van der Waals surface area contributed by atoms with Crippen molar-refractivity contribution in [3.05, 3.63) is 59.7 Å². The van der Waals surface area contributed by atoms with E-state index in [-0.39, 0.29) is 12.1 Å². The van der Waals surface area contributed by atoms with Crippen LogP contribution in [0.25, 0.3) is 0 Å². The summed E-state index contributed by atoms with van der Waals surface area (Å²) in [5, 5.41) is 5.03. The van der Waals surface area contributed by atoms with Gasteiger partial charge in [-0.25, -0.2) is 18.4 Å². The average molecular weight is 347 g/mol. The summed E-state index contributed by atoms with van der Waals surface area (Å²) in [6.07, 6.45) is -0.441. The van der Waals surface area contributed by atoms with Gasteiger partial charge in [-0.1, -0.05) is 6.07 Å². The van der Waals surface area contributed by atoms with Crippen LogP contribution in [-0.4, -0.2) is 25.3 Å². The summed E-state index contributed by atoms with van der Waals surface area (Å²) in [4.78, 5) is 24.9. The summed E-state index contributed by atoms with van der Waals surface area (Å²) in [7, 11) is 0. The Morgan fingerprint density at radius 2 is 2.04 bits per heavy atom. The van der Waals surface area contributed by atoms with E-state index in [9.17, 15) is 18.4 Å². The van der Waals surface area contributed by atoms with Crippen LogP contribution < -0.4 is 15.5 Å². The average Bonchev–Trinajstić information content (AvgIpc) is 3.02. The van der Waals surface area contributed by atoms with Crippen molar-refractivity contribution in [2.75, 3.05) is 23.4 Å². The van der Waals surface area contributed by atoms with E-state index in [4.69, 9.17) is 4.74 Å². The zero-order valence-corrected chi connectivity index (χ0v) is 13.1. The van der Waals surface area contributed by atoms with Crippen LogP contribution in [0.1, 0.15) is 5.56 Å². The van der Waals surface area contributed by atoms with Crippen LogP contribution in [0, 0.1) is 11.6 Å². The molecule has 3 amide bonds. The van der Waals surface area contributed by atoms with E-state index in [1.165, 1.54) is 4.90 Å². The molecule has 0 bridgehead atoms. The molecule has 0 saturated carbocycles. The predicted molar refractivity (Wildman–Crippen MR) is 87.4 cm³/mol. The lowest BCUT2D eigenvalue weighted by molar-refractivity contribution is 0.181. The Bertz CT molecular complexity index is 813. The molecule has 0 atom stereocenters. The topological polar surface area (TPSA) is 70.7 Å². The lowest BCUT2D eigenvalue weighted by atomic mass is 10.2. The van der Waals surface area contributed by atoms with E-state index in [0.29, 0.717) is 24.5 Å². The quantitative estimate of drug-likeness (QED) is 0.892. The maximum absolute atomic E-state index is 13.5. The lowest BCUT2D eigenvalue weighted by Gasteiger charge is -2.14. The van der Waals surface area contributed by atoms with Gasteiger partial charge in [0.15, 0.2) is 0 Å². The summed E-state index contributed by atoms with van der Waals surface area (Å²) in [6, 6.07) is 9.12. The van der Waals surface area contributed by atoms with Gasteiger partial charge in [-0.3, -0.25) is 4.90 Å². The zero-order chi connectivity index (χ0) is 17.8. The van der Waals surface area contributed by atoms with E-state index in [2.05, 4.69) is 10.6 Å². The molecule has 1 saturated heterocycles. The number of carbonyl (C=O) groups excluding carboxylic acids is 2. The van der Waals surface area contributed by atoms with Crippen LogP contribution in [0.5, 0.6) is 0 Å². The van der Waals surface area contributed by atoms with Gasteiger partial charge < -0.3 is 15.4 Å². The number of nitrogens with zero attached hydrogens (tertiary/aromatic N) is 1. The molecule has 1 aliphatic rings. The second-order valence-corrected chi connectivity index (χ2v) is 5.36. The third-order valence-electron chi connectivity index (χ3n) is 3.62. The van der Waals surface area contributed by atoms with Crippen LogP contribution in [0.3, 0.4) is 0 Å². The van der Waals surface area contributed by atoms with Gasteiger partial charge in [0, 0.05) is 23.5 Å². The fourth-order valence-electron chi connectivity index (χ4n) is 2.41. The maximum atomic E-state index is 13.5. The second-order valence-electron chi connectivity index (χ2n) is 5.36. The molecule has 0 unspecified atom stereocenters. The Morgan fingerprint density at radius 3 is 2.80 bits per heavy atom. The summed E-state index contributed by atoms with van der Waals surface area (Å²) in [6.45, 7) is 0.594. The highest BCUT2D eigenvalue weighted by atomic mass is 19.1. The van der Waals surface area contributed by atoms with Crippen molar-refractivity contribution in [3.8, 4) is 0 Å². The summed E-state index contributed by atoms with van der Waals surface area (Å²) in [5.41, 5.74) is 1.09. The van der Waals surface area contributed by atoms with E-state index in [1.807, 2.05) is 0 Å². The number of ether oxygens (including phenoxy) is 1. The highest BCUT2D eigenvalue weighted by Crippen LogP contribution is 2.22. The fourth-order valence-corrected chi connectivity index (χ4v) is 2.41. The van der Waals surface area contributed by atoms with E-state index in [0.717, 1.165) is 18.2 Å². The van der Waals surface area contributed by atoms with Gasteiger partial charge in [0.1, 0.15) is 18.2 Å². The number of cyclic esters (lactones) is 1. The predicted octanol–water partition coefficient (Wildman–Crippen LogP) is 3.24. The van der Waals surface area contributed by atoms with Gasteiger partial charge in [-0.2, -0.15) is 0 Å². The minimum absolute atomic E-state index is 0.0451. The van der Waals surface area contributed by atoms with Crippen molar-refractivity contribution >= 4 is 23.5 Å². The third kappa shape index (κ3) is 4.03. The first-order valence-electron chi connectivity index (χ1n) is 7.56. The monoisotopic (exact) mass is 347 g/mol. The van der Waals surface area contributed by atoms with Crippen molar-refractivity contribution in [2.24, 2.45) is 0 Å². The molecule has 2 aromatic carbocycles. The molecular weight excluding hydrogens is 332 g/mol. The molecule has 1 aliphatic heterocycles. The largest absolute Gasteiger partial charge is 0.447 e. The molecule has 8 heteroatoms. The molecule has 1 heterocycles. The minimum atomic E-state index is -0.601. The summed E-state index contributed by atoms with van der Waals surface area (Å²) in [5.74, 6) is -1.18. The Kier molecular flexibility index (Phi) is 4.78. The first-order chi connectivity index (χ1) is 12.0. The van der Waals surface area contributed by atoms with Gasteiger partial charge in [-0.15, -0.1) is 0 Å². The van der Waals surface area contributed by atoms with Gasteiger partial charge in [0.25, 0.3) is 0 Å². The van der Waals surface area contributed by atoms with E-state index < -0.39 is 23.8 Å². The molecule has 0 radical (unpaired) electrons. The second kappa shape index (κ2) is 7.16. The number of anilines is 2. The smallest absolute Gasteiger partial charge is 0.414 e. The fraction of sp³-hybridized carbons (Fsp3) is 0.176. The number of carbonyl (C=O) groups is 2. The normalized spacial score (nSPS) is 13.5. The number of amides is 3. The van der Waals surface area contributed by atoms with Crippen molar-refractivity contribution in [1.29, 1.82) is 0 Å². The molecule has 0 aliphatic carbocycles. The van der Waals surface area contributed by atoms with Crippen molar-refractivity contribution in [3.63, 3.8) is 0 Å². The van der Waals surface area contributed by atoms with Crippen LogP contribution in [-0.2, 0) is 11.3 Å². The molecular formula is C17H15F2N3O3. The van der Waals surface area contributed by atoms with Crippen LogP contribution in [0.2, 0.25) is 0 Å². The maximum Gasteiger partial charge on any atom is 0.414 e. The van der Waals surface area contributed by atoms with Crippen molar-refractivity contribution < 1.29 is 23.1 Å². The number of hydrogen-bond donors (Lipinski definition) is 2. The summed E-state index contributed by atoms with van der Waals surface area (Å²) >= 11 is 0. The Morgan fingerprint density at radius 1 is 1.20 bits per heavy atom. The molecule has 0 aromatic heterocycles. The highest BCUT2D eigenvalue weighted by Gasteiger charge is 2.23. The number of urea groups is 1. The van der Waals surface area contributed by atoms with Crippen LogP contribution in [0.4, 0.5) is 29.7 Å².